The van der Waals surface area contributed by atoms with Crippen molar-refractivity contribution in [2.75, 3.05) is 51.3 Å². The van der Waals surface area contributed by atoms with Gasteiger partial charge in [0.25, 0.3) is 0 Å². The molecule has 0 bridgehead atoms. The lowest BCUT2D eigenvalue weighted by molar-refractivity contribution is 0.252. The van der Waals surface area contributed by atoms with E-state index in [1.165, 1.54) is 12.1 Å². The van der Waals surface area contributed by atoms with Crippen LogP contribution in [0.25, 0.3) is 0 Å². The second kappa shape index (κ2) is 9.22. The van der Waals surface area contributed by atoms with Crippen LogP contribution in [0.15, 0.2) is 24.3 Å². The number of piperazine rings is 1. The number of anilines is 1. The van der Waals surface area contributed by atoms with Crippen molar-refractivity contribution in [1.29, 1.82) is 0 Å². The largest absolute Gasteiger partial charge is 0.495 e. The summed E-state index contributed by atoms with van der Waals surface area (Å²) in [6, 6.07) is 8.26. The Morgan fingerprint density at radius 3 is 2.64 bits per heavy atom. The van der Waals surface area contributed by atoms with Gasteiger partial charge < -0.3 is 15.0 Å². The fraction of sp³-hybridized carbons (Fsp3) is 0.562. The van der Waals surface area contributed by atoms with Crippen molar-refractivity contribution < 1.29 is 4.74 Å². The minimum atomic E-state index is 0.588. The van der Waals surface area contributed by atoms with E-state index in [4.69, 9.17) is 17.0 Å². The molecule has 6 heteroatoms. The van der Waals surface area contributed by atoms with Gasteiger partial charge in [-0.2, -0.15) is 0 Å². The average Bonchev–Trinajstić information content (AvgIpc) is 2.55. The molecule has 0 aliphatic carbocycles. The molecule has 2 rings (SSSR count). The Bertz CT molecular complexity index is 476. The first-order chi connectivity index (χ1) is 10.7. The minimum Gasteiger partial charge on any atom is -0.495 e. The third-order valence-corrected chi connectivity index (χ3v) is 4.28. The molecule has 1 heterocycles. The molecule has 1 aromatic rings. The SMILES string of the molecule is COc1ccccc1N1CCN(CCCCNC(=S)S)CC1. The van der Waals surface area contributed by atoms with E-state index in [9.17, 15) is 0 Å². The van der Waals surface area contributed by atoms with Gasteiger partial charge in [-0.25, -0.2) is 0 Å². The van der Waals surface area contributed by atoms with Gasteiger partial charge in [0, 0.05) is 32.7 Å². The Hall–Kier alpha value is -0.980. The summed E-state index contributed by atoms with van der Waals surface area (Å²) < 4.78 is 6.05. The zero-order chi connectivity index (χ0) is 15.8. The Morgan fingerprint density at radius 2 is 1.95 bits per heavy atom. The smallest absolute Gasteiger partial charge is 0.142 e. The fourth-order valence-electron chi connectivity index (χ4n) is 2.76. The van der Waals surface area contributed by atoms with E-state index in [2.05, 4.69) is 39.9 Å². The molecular formula is C16H25N3OS2. The Kier molecular flexibility index (Phi) is 7.29. The van der Waals surface area contributed by atoms with Gasteiger partial charge in [0.05, 0.1) is 12.8 Å². The van der Waals surface area contributed by atoms with E-state index in [1.807, 2.05) is 12.1 Å². The number of ether oxygens (including phenoxy) is 1. The third-order valence-electron chi connectivity index (χ3n) is 3.98. The topological polar surface area (TPSA) is 27.7 Å². The second-order valence-corrected chi connectivity index (χ2v) is 6.60. The Labute approximate surface area is 144 Å². The van der Waals surface area contributed by atoms with Crippen molar-refractivity contribution in [3.8, 4) is 5.75 Å². The van der Waals surface area contributed by atoms with E-state index < -0.39 is 0 Å². The molecule has 1 aliphatic heterocycles. The molecule has 0 unspecified atom stereocenters. The number of rotatable bonds is 7. The first-order valence-corrected chi connectivity index (χ1v) is 8.63. The highest BCUT2D eigenvalue weighted by atomic mass is 32.1. The van der Waals surface area contributed by atoms with Crippen molar-refractivity contribution in [2.24, 2.45) is 0 Å². The zero-order valence-corrected chi connectivity index (χ0v) is 14.8. The number of hydrogen-bond donors (Lipinski definition) is 2. The van der Waals surface area contributed by atoms with Crippen LogP contribution in [0.5, 0.6) is 5.75 Å². The number of thiol groups is 1. The van der Waals surface area contributed by atoms with Crippen molar-refractivity contribution in [2.45, 2.75) is 12.8 Å². The number of thiocarbonyl (C=S) groups is 1. The van der Waals surface area contributed by atoms with Crippen molar-refractivity contribution in [3.63, 3.8) is 0 Å². The maximum atomic E-state index is 5.46. The number of methoxy groups -OCH3 is 1. The van der Waals surface area contributed by atoms with Crippen LogP contribution in [0.4, 0.5) is 5.69 Å². The summed E-state index contributed by atoms with van der Waals surface area (Å²) in [6.45, 7) is 6.40. The maximum absolute atomic E-state index is 5.46. The molecule has 0 aromatic heterocycles. The molecule has 1 aliphatic rings. The molecular weight excluding hydrogens is 314 g/mol. The van der Waals surface area contributed by atoms with Gasteiger partial charge in [-0.3, -0.25) is 4.90 Å². The fourth-order valence-corrected chi connectivity index (χ4v) is 2.97. The number of para-hydroxylation sites is 2. The van der Waals surface area contributed by atoms with Gasteiger partial charge in [-0.1, -0.05) is 24.4 Å². The normalized spacial score (nSPS) is 15.6. The van der Waals surface area contributed by atoms with E-state index in [1.54, 1.807) is 7.11 Å². The number of nitrogens with zero attached hydrogens (tertiary/aromatic N) is 2. The molecule has 22 heavy (non-hydrogen) atoms. The molecule has 4 nitrogen and oxygen atoms in total. The number of hydrogen-bond acceptors (Lipinski definition) is 4. The van der Waals surface area contributed by atoms with Crippen molar-refractivity contribution >= 4 is 34.9 Å². The molecule has 1 N–H and O–H groups in total. The molecule has 0 atom stereocenters. The average molecular weight is 340 g/mol. The summed E-state index contributed by atoms with van der Waals surface area (Å²) in [4.78, 5) is 4.95. The maximum Gasteiger partial charge on any atom is 0.142 e. The van der Waals surface area contributed by atoms with Crippen LogP contribution >= 0.6 is 24.8 Å². The lowest BCUT2D eigenvalue weighted by atomic mass is 10.2. The van der Waals surface area contributed by atoms with Gasteiger partial charge in [-0.15, -0.1) is 12.6 Å². The third kappa shape index (κ3) is 5.34. The van der Waals surface area contributed by atoms with Crippen LogP contribution in [-0.2, 0) is 0 Å². The first-order valence-electron chi connectivity index (χ1n) is 7.78. The Morgan fingerprint density at radius 1 is 1.23 bits per heavy atom. The molecule has 1 fully saturated rings. The van der Waals surface area contributed by atoms with Gasteiger partial charge in [0.2, 0.25) is 0 Å². The van der Waals surface area contributed by atoms with Gasteiger partial charge in [0.1, 0.15) is 10.1 Å². The van der Waals surface area contributed by atoms with Crippen LogP contribution in [0, 0.1) is 0 Å². The van der Waals surface area contributed by atoms with E-state index >= 15 is 0 Å². The molecule has 122 valence electrons. The predicted molar refractivity (Wildman–Crippen MR) is 100 cm³/mol. The molecule has 1 aromatic carbocycles. The first kappa shape index (κ1) is 17.4. The summed E-state index contributed by atoms with van der Waals surface area (Å²) in [5.74, 6) is 0.963. The molecule has 1 saturated heterocycles. The van der Waals surface area contributed by atoms with Crippen molar-refractivity contribution in [1.82, 2.24) is 10.2 Å². The van der Waals surface area contributed by atoms with E-state index in [-0.39, 0.29) is 0 Å². The molecule has 0 saturated carbocycles. The summed E-state index contributed by atoms with van der Waals surface area (Å²) in [6.07, 6.45) is 2.32. The molecule has 0 radical (unpaired) electrons. The second-order valence-electron chi connectivity index (χ2n) is 5.44. The zero-order valence-electron chi connectivity index (χ0n) is 13.1. The standard InChI is InChI=1S/C16H25N3OS2/c1-20-15-7-3-2-6-14(15)19-12-10-18(11-13-19)9-5-4-8-17-16(21)22/h2-3,6-7H,4-5,8-13H2,1H3,(H2,17,21,22). The summed E-state index contributed by atoms with van der Waals surface area (Å²) in [5.41, 5.74) is 1.20. The van der Waals surface area contributed by atoms with Gasteiger partial charge in [0.15, 0.2) is 0 Å². The van der Waals surface area contributed by atoms with Crippen LogP contribution in [-0.4, -0.2) is 55.6 Å². The summed E-state index contributed by atoms with van der Waals surface area (Å²) in [5, 5.41) is 3.08. The Balaban J connectivity index is 1.70. The van der Waals surface area contributed by atoms with Crippen LogP contribution < -0.4 is 15.0 Å². The summed E-state index contributed by atoms with van der Waals surface area (Å²) >= 11 is 8.93. The van der Waals surface area contributed by atoms with Gasteiger partial charge in [-0.05, 0) is 31.5 Å². The lowest BCUT2D eigenvalue weighted by Gasteiger charge is -2.36. The quantitative estimate of drug-likeness (QED) is 0.452. The molecule has 0 spiro atoms. The lowest BCUT2D eigenvalue weighted by Crippen LogP contribution is -2.46. The van der Waals surface area contributed by atoms with Crippen LogP contribution in [0.2, 0.25) is 0 Å². The summed E-state index contributed by atoms with van der Waals surface area (Å²) in [7, 11) is 1.74. The van der Waals surface area contributed by atoms with E-state index in [0.717, 1.165) is 51.4 Å². The highest BCUT2D eigenvalue weighted by molar-refractivity contribution is 8.11. The number of benzene rings is 1. The van der Waals surface area contributed by atoms with E-state index in [0.29, 0.717) is 4.32 Å². The highest BCUT2D eigenvalue weighted by Gasteiger charge is 2.18. The highest BCUT2D eigenvalue weighted by Crippen LogP contribution is 2.28. The monoisotopic (exact) mass is 339 g/mol. The van der Waals surface area contributed by atoms with Crippen molar-refractivity contribution in [3.05, 3.63) is 24.3 Å². The van der Waals surface area contributed by atoms with Gasteiger partial charge >= 0.3 is 0 Å². The van der Waals surface area contributed by atoms with Crippen LogP contribution in [0.3, 0.4) is 0 Å². The minimum absolute atomic E-state index is 0.588. The predicted octanol–water partition coefficient (Wildman–Crippen LogP) is 2.40. The molecule has 0 amide bonds. The number of unbranched alkanes of at least 4 members (excludes halogenated alkanes) is 1. The number of nitrogens with one attached hydrogen (secondary N) is 1. The van der Waals surface area contributed by atoms with Crippen LogP contribution in [0.1, 0.15) is 12.8 Å².